The molecule has 1 aromatic heterocycles. The minimum Gasteiger partial charge on any atom is -0.354 e. The molecular weight excluding hydrogens is 304 g/mol. The van der Waals surface area contributed by atoms with E-state index in [1.807, 2.05) is 24.3 Å². The highest BCUT2D eigenvalue weighted by Gasteiger charge is 2.10. The van der Waals surface area contributed by atoms with E-state index >= 15 is 0 Å². The number of benzene rings is 2. The maximum atomic E-state index is 12.3. The zero-order chi connectivity index (χ0) is 16.4. The standard InChI is InChI=1S/C19H20N2OS/c1-4-14-6-8-15(9-7-14)16(22)11-20-19-21-18-13(3)12(2)5-10-17(18)23-19/h5-10H,4,11H2,1-3H3,(H,20,21). The van der Waals surface area contributed by atoms with Gasteiger partial charge in [0, 0.05) is 5.56 Å². The van der Waals surface area contributed by atoms with Crippen molar-refractivity contribution in [3.8, 4) is 0 Å². The number of nitrogens with zero attached hydrogens (tertiary/aromatic N) is 1. The second-order valence-corrected chi connectivity index (χ2v) is 6.73. The molecule has 0 aliphatic carbocycles. The number of hydrogen-bond acceptors (Lipinski definition) is 4. The van der Waals surface area contributed by atoms with Crippen molar-refractivity contribution in [2.24, 2.45) is 0 Å². The van der Waals surface area contributed by atoms with Gasteiger partial charge < -0.3 is 5.32 Å². The molecule has 0 unspecified atom stereocenters. The molecule has 0 saturated heterocycles. The van der Waals surface area contributed by atoms with Crippen molar-refractivity contribution in [3.05, 3.63) is 58.7 Å². The Morgan fingerprint density at radius 1 is 1.13 bits per heavy atom. The fourth-order valence-corrected chi connectivity index (χ4v) is 3.41. The zero-order valence-corrected chi connectivity index (χ0v) is 14.5. The average molecular weight is 324 g/mol. The van der Waals surface area contributed by atoms with E-state index in [0.717, 1.165) is 27.3 Å². The van der Waals surface area contributed by atoms with E-state index in [0.29, 0.717) is 0 Å². The van der Waals surface area contributed by atoms with Gasteiger partial charge in [0.05, 0.1) is 16.8 Å². The van der Waals surface area contributed by atoms with Crippen LogP contribution in [0.4, 0.5) is 5.13 Å². The molecule has 1 N–H and O–H groups in total. The van der Waals surface area contributed by atoms with Gasteiger partial charge in [-0.3, -0.25) is 4.79 Å². The minimum atomic E-state index is 0.0832. The molecule has 0 aliphatic heterocycles. The highest BCUT2D eigenvalue weighted by atomic mass is 32.1. The highest BCUT2D eigenvalue weighted by Crippen LogP contribution is 2.29. The number of Topliss-reactive ketones (excluding diaryl/α,β-unsaturated/α-hetero) is 1. The van der Waals surface area contributed by atoms with E-state index in [2.05, 4.69) is 43.2 Å². The number of aryl methyl sites for hydroxylation is 3. The zero-order valence-electron chi connectivity index (χ0n) is 13.6. The Labute approximate surface area is 140 Å². The first-order valence-electron chi connectivity index (χ1n) is 7.81. The predicted octanol–water partition coefficient (Wildman–Crippen LogP) is 4.77. The molecule has 3 aromatic rings. The molecule has 0 radical (unpaired) electrons. The van der Waals surface area contributed by atoms with E-state index in [1.54, 1.807) is 11.3 Å². The quantitative estimate of drug-likeness (QED) is 0.687. The second kappa shape index (κ2) is 6.50. The Hall–Kier alpha value is -2.20. The van der Waals surface area contributed by atoms with Crippen molar-refractivity contribution in [2.45, 2.75) is 27.2 Å². The maximum absolute atomic E-state index is 12.3. The summed E-state index contributed by atoms with van der Waals surface area (Å²) in [6, 6.07) is 12.0. The molecule has 0 fully saturated rings. The van der Waals surface area contributed by atoms with Crippen LogP contribution in [0, 0.1) is 13.8 Å². The Morgan fingerprint density at radius 3 is 2.57 bits per heavy atom. The van der Waals surface area contributed by atoms with E-state index in [4.69, 9.17) is 0 Å². The van der Waals surface area contributed by atoms with E-state index in [9.17, 15) is 4.79 Å². The topological polar surface area (TPSA) is 42.0 Å². The van der Waals surface area contributed by atoms with Crippen LogP contribution >= 0.6 is 11.3 Å². The first-order valence-corrected chi connectivity index (χ1v) is 8.63. The van der Waals surface area contributed by atoms with Crippen molar-refractivity contribution in [1.29, 1.82) is 0 Å². The summed E-state index contributed by atoms with van der Waals surface area (Å²) in [5.41, 5.74) is 5.45. The van der Waals surface area contributed by atoms with Crippen molar-refractivity contribution in [2.75, 3.05) is 11.9 Å². The van der Waals surface area contributed by atoms with Gasteiger partial charge in [0.2, 0.25) is 0 Å². The monoisotopic (exact) mass is 324 g/mol. The number of carbonyl (C=O) groups is 1. The number of nitrogens with one attached hydrogen (secondary N) is 1. The molecule has 0 atom stereocenters. The third kappa shape index (κ3) is 3.27. The van der Waals surface area contributed by atoms with Crippen LogP contribution in [0.2, 0.25) is 0 Å². The molecule has 23 heavy (non-hydrogen) atoms. The molecule has 118 valence electrons. The fraction of sp³-hybridized carbons (Fsp3) is 0.263. The fourth-order valence-electron chi connectivity index (χ4n) is 2.49. The molecule has 3 nitrogen and oxygen atoms in total. The largest absolute Gasteiger partial charge is 0.354 e. The number of rotatable bonds is 5. The molecule has 0 amide bonds. The summed E-state index contributed by atoms with van der Waals surface area (Å²) in [6.45, 7) is 6.55. The Bertz CT molecular complexity index is 850. The van der Waals surface area contributed by atoms with Crippen LogP contribution in [0.25, 0.3) is 10.2 Å². The molecule has 1 heterocycles. The number of carbonyl (C=O) groups excluding carboxylic acids is 1. The summed E-state index contributed by atoms with van der Waals surface area (Å²) in [5, 5.41) is 3.96. The van der Waals surface area contributed by atoms with Gasteiger partial charge in [-0.15, -0.1) is 0 Å². The highest BCUT2D eigenvalue weighted by molar-refractivity contribution is 7.22. The number of aromatic nitrogens is 1. The van der Waals surface area contributed by atoms with Crippen molar-refractivity contribution >= 4 is 32.5 Å². The molecule has 0 saturated carbocycles. The second-order valence-electron chi connectivity index (χ2n) is 5.70. The van der Waals surface area contributed by atoms with E-state index < -0.39 is 0 Å². The van der Waals surface area contributed by atoms with Gasteiger partial charge in [0.25, 0.3) is 0 Å². The first kappa shape index (κ1) is 15.7. The van der Waals surface area contributed by atoms with Gasteiger partial charge in [-0.2, -0.15) is 0 Å². The molecule has 3 rings (SSSR count). The van der Waals surface area contributed by atoms with Crippen molar-refractivity contribution in [3.63, 3.8) is 0 Å². The summed E-state index contributed by atoms with van der Waals surface area (Å²) in [4.78, 5) is 16.9. The summed E-state index contributed by atoms with van der Waals surface area (Å²) in [6.07, 6.45) is 0.983. The molecule has 4 heteroatoms. The molecule has 0 aliphatic rings. The minimum absolute atomic E-state index is 0.0832. The third-order valence-corrected chi connectivity index (χ3v) is 5.15. The number of ketones is 1. The van der Waals surface area contributed by atoms with Crippen molar-refractivity contribution < 1.29 is 4.79 Å². The Balaban J connectivity index is 1.72. The van der Waals surface area contributed by atoms with Crippen LogP contribution < -0.4 is 5.32 Å². The lowest BCUT2D eigenvalue weighted by atomic mass is 10.1. The molecule has 2 aromatic carbocycles. The van der Waals surface area contributed by atoms with Gasteiger partial charge in [-0.1, -0.05) is 48.6 Å². The predicted molar refractivity (Wildman–Crippen MR) is 97.7 cm³/mol. The van der Waals surface area contributed by atoms with Gasteiger partial charge in [0.1, 0.15) is 0 Å². The maximum Gasteiger partial charge on any atom is 0.184 e. The summed E-state index contributed by atoms with van der Waals surface area (Å²) >= 11 is 1.59. The van der Waals surface area contributed by atoms with E-state index in [1.165, 1.54) is 16.7 Å². The lowest BCUT2D eigenvalue weighted by molar-refractivity contribution is 0.101. The third-order valence-electron chi connectivity index (χ3n) is 4.17. The van der Waals surface area contributed by atoms with Crippen molar-refractivity contribution in [1.82, 2.24) is 4.98 Å². The lowest BCUT2D eigenvalue weighted by Crippen LogP contribution is -2.13. The average Bonchev–Trinajstić information content (AvgIpc) is 3.00. The van der Waals surface area contributed by atoms with E-state index in [-0.39, 0.29) is 12.3 Å². The first-order chi connectivity index (χ1) is 11.1. The normalized spacial score (nSPS) is 10.9. The number of hydrogen-bond donors (Lipinski definition) is 1. The van der Waals surface area contributed by atoms with Crippen LogP contribution in [0.3, 0.4) is 0 Å². The number of fused-ring (bicyclic) bond motifs is 1. The molecule has 0 spiro atoms. The van der Waals surface area contributed by atoms with Gasteiger partial charge in [-0.05, 0) is 43.0 Å². The summed E-state index contributed by atoms with van der Waals surface area (Å²) < 4.78 is 1.15. The SMILES string of the molecule is CCc1ccc(C(=O)CNc2nc3c(C)c(C)ccc3s2)cc1. The van der Waals surface area contributed by atoms with Crippen LogP contribution in [-0.2, 0) is 6.42 Å². The summed E-state index contributed by atoms with van der Waals surface area (Å²) in [7, 11) is 0. The van der Waals surface area contributed by atoms with Crippen LogP contribution in [-0.4, -0.2) is 17.3 Å². The van der Waals surface area contributed by atoms with Gasteiger partial charge in [-0.25, -0.2) is 4.98 Å². The van der Waals surface area contributed by atoms with Crippen LogP contribution in [0.1, 0.15) is 34.0 Å². The smallest absolute Gasteiger partial charge is 0.184 e. The van der Waals surface area contributed by atoms with Gasteiger partial charge >= 0.3 is 0 Å². The number of anilines is 1. The van der Waals surface area contributed by atoms with Gasteiger partial charge in [0.15, 0.2) is 10.9 Å². The molecule has 0 bridgehead atoms. The summed E-state index contributed by atoms with van der Waals surface area (Å²) in [5.74, 6) is 0.0832. The number of thiazole rings is 1. The molecular formula is C19H20N2OS. The Kier molecular flexibility index (Phi) is 4.44. The van der Waals surface area contributed by atoms with Crippen LogP contribution in [0.5, 0.6) is 0 Å². The Morgan fingerprint density at radius 2 is 1.87 bits per heavy atom. The lowest BCUT2D eigenvalue weighted by Gasteiger charge is -2.03. The van der Waals surface area contributed by atoms with Crippen LogP contribution in [0.15, 0.2) is 36.4 Å².